The molecule has 6 nitrogen and oxygen atoms in total. The van der Waals surface area contributed by atoms with Gasteiger partial charge in [-0.05, 0) is 31.0 Å². The Balaban J connectivity index is 2.02. The van der Waals surface area contributed by atoms with Crippen LogP contribution in [0.15, 0.2) is 23.1 Å². The molecule has 0 atom stereocenters. The number of piperidine rings is 1. The van der Waals surface area contributed by atoms with Crippen molar-refractivity contribution in [3.05, 3.63) is 29.8 Å². The van der Waals surface area contributed by atoms with Crippen molar-refractivity contribution in [2.45, 2.75) is 23.8 Å². The molecule has 0 saturated carbocycles. The number of amides is 1. The van der Waals surface area contributed by atoms with Gasteiger partial charge in [-0.25, -0.2) is 21.9 Å². The molecule has 0 bridgehead atoms. The van der Waals surface area contributed by atoms with Crippen molar-refractivity contribution in [2.75, 3.05) is 19.6 Å². The number of nitrogens with two attached hydrogens (primary N) is 1. The van der Waals surface area contributed by atoms with Crippen LogP contribution in [0.5, 0.6) is 0 Å². The van der Waals surface area contributed by atoms with Crippen LogP contribution in [-0.2, 0) is 14.8 Å². The molecule has 1 fully saturated rings. The van der Waals surface area contributed by atoms with E-state index in [1.165, 1.54) is 0 Å². The zero-order valence-corrected chi connectivity index (χ0v) is 12.6. The highest BCUT2D eigenvalue weighted by Crippen LogP contribution is 2.18. The first-order valence-corrected chi connectivity index (χ1v) is 8.24. The highest BCUT2D eigenvalue weighted by Gasteiger charge is 2.27. The molecule has 2 rings (SSSR count). The summed E-state index contributed by atoms with van der Waals surface area (Å²) in [7, 11) is -4.13. The molecule has 3 N–H and O–H groups in total. The third-order valence-corrected chi connectivity index (χ3v) is 5.01. The van der Waals surface area contributed by atoms with Crippen molar-refractivity contribution < 1.29 is 22.0 Å². The summed E-state index contributed by atoms with van der Waals surface area (Å²) in [5, 5.41) is 0. The van der Waals surface area contributed by atoms with Gasteiger partial charge in [-0.3, -0.25) is 9.69 Å². The van der Waals surface area contributed by atoms with Crippen molar-refractivity contribution in [1.29, 1.82) is 0 Å². The van der Waals surface area contributed by atoms with E-state index in [0.29, 0.717) is 32.0 Å². The van der Waals surface area contributed by atoms with Crippen LogP contribution in [-0.4, -0.2) is 44.9 Å². The minimum atomic E-state index is -4.13. The van der Waals surface area contributed by atoms with Crippen LogP contribution in [0, 0.1) is 11.6 Å². The first-order valence-electron chi connectivity index (χ1n) is 6.76. The Morgan fingerprint density at radius 1 is 1.32 bits per heavy atom. The first-order chi connectivity index (χ1) is 10.3. The van der Waals surface area contributed by atoms with Crippen LogP contribution >= 0.6 is 0 Å². The lowest BCUT2D eigenvalue weighted by atomic mass is 10.1. The maximum atomic E-state index is 13.6. The fraction of sp³-hybridized carbons (Fsp3) is 0.462. The van der Waals surface area contributed by atoms with Gasteiger partial charge in [0, 0.05) is 19.1 Å². The summed E-state index contributed by atoms with van der Waals surface area (Å²) in [6.45, 7) is 1.13. The number of carbonyl (C=O) groups is 1. The van der Waals surface area contributed by atoms with Crippen molar-refractivity contribution in [3.8, 4) is 0 Å². The Morgan fingerprint density at radius 2 is 1.95 bits per heavy atom. The molecule has 1 aromatic rings. The maximum Gasteiger partial charge on any atom is 0.243 e. The van der Waals surface area contributed by atoms with Crippen molar-refractivity contribution in [1.82, 2.24) is 9.62 Å². The zero-order chi connectivity index (χ0) is 16.3. The highest BCUT2D eigenvalue weighted by atomic mass is 32.2. The number of hydrogen-bond donors (Lipinski definition) is 2. The van der Waals surface area contributed by atoms with Gasteiger partial charge in [-0.1, -0.05) is 0 Å². The van der Waals surface area contributed by atoms with Gasteiger partial charge in [0.1, 0.15) is 16.5 Å². The average Bonchev–Trinajstić information content (AvgIpc) is 2.43. The second-order valence-corrected chi connectivity index (χ2v) is 6.90. The number of benzene rings is 1. The molecule has 122 valence electrons. The second-order valence-electron chi connectivity index (χ2n) is 5.21. The molecular weight excluding hydrogens is 316 g/mol. The molecule has 1 aliphatic heterocycles. The van der Waals surface area contributed by atoms with Gasteiger partial charge >= 0.3 is 0 Å². The molecule has 0 aromatic heterocycles. The minimum absolute atomic E-state index is 0.123. The van der Waals surface area contributed by atoms with E-state index in [-0.39, 0.29) is 6.54 Å². The predicted molar refractivity (Wildman–Crippen MR) is 75.3 cm³/mol. The molecule has 1 aromatic carbocycles. The molecule has 1 saturated heterocycles. The number of carbonyl (C=O) groups excluding carboxylic acids is 1. The second kappa shape index (κ2) is 6.67. The van der Waals surface area contributed by atoms with E-state index in [0.717, 1.165) is 12.1 Å². The highest BCUT2D eigenvalue weighted by molar-refractivity contribution is 7.89. The molecule has 1 aliphatic rings. The van der Waals surface area contributed by atoms with Crippen LogP contribution < -0.4 is 10.5 Å². The average molecular weight is 333 g/mol. The number of likely N-dealkylation sites (tertiary alicyclic amines) is 1. The lowest BCUT2D eigenvalue weighted by Gasteiger charge is -2.31. The topological polar surface area (TPSA) is 92.5 Å². The van der Waals surface area contributed by atoms with Crippen molar-refractivity contribution in [3.63, 3.8) is 0 Å². The number of rotatable bonds is 5. The van der Waals surface area contributed by atoms with E-state index in [2.05, 4.69) is 4.72 Å². The standard InChI is InChI=1S/C13H17F2N3O3S/c14-9-1-2-11(15)12(7-9)22(20,21)17-10-3-5-18(6-4-10)8-13(16)19/h1-2,7,10,17H,3-6,8H2,(H2,16,19). The maximum absolute atomic E-state index is 13.6. The number of sulfonamides is 1. The first kappa shape index (κ1) is 16.8. The minimum Gasteiger partial charge on any atom is -0.369 e. The normalized spacial score (nSPS) is 17.5. The summed E-state index contributed by atoms with van der Waals surface area (Å²) in [5.41, 5.74) is 5.10. The van der Waals surface area contributed by atoms with Crippen LogP contribution in [0.4, 0.5) is 8.78 Å². The molecule has 9 heteroatoms. The molecule has 1 heterocycles. The molecule has 22 heavy (non-hydrogen) atoms. The van der Waals surface area contributed by atoms with Gasteiger partial charge in [-0.2, -0.15) is 0 Å². The Labute approximate surface area is 127 Å². The fourth-order valence-electron chi connectivity index (χ4n) is 2.40. The van der Waals surface area contributed by atoms with E-state index < -0.39 is 38.5 Å². The quantitative estimate of drug-likeness (QED) is 0.805. The van der Waals surface area contributed by atoms with Crippen molar-refractivity contribution in [2.24, 2.45) is 5.73 Å². The molecule has 0 spiro atoms. The van der Waals surface area contributed by atoms with Gasteiger partial charge in [0.15, 0.2) is 0 Å². The molecular formula is C13H17F2N3O3S. The summed E-state index contributed by atoms with van der Waals surface area (Å²) in [6.07, 6.45) is 0.924. The van der Waals surface area contributed by atoms with Gasteiger partial charge in [-0.15, -0.1) is 0 Å². The Bertz CT molecular complexity index is 658. The Kier molecular flexibility index (Phi) is 5.09. The predicted octanol–water partition coefficient (Wildman–Crippen LogP) is 0.193. The van der Waals surface area contributed by atoms with Crippen LogP contribution in [0.3, 0.4) is 0 Å². The van der Waals surface area contributed by atoms with E-state index in [4.69, 9.17) is 5.73 Å². The van der Waals surface area contributed by atoms with Gasteiger partial charge in [0.25, 0.3) is 0 Å². The molecule has 0 unspecified atom stereocenters. The summed E-state index contributed by atoms with van der Waals surface area (Å²) in [4.78, 5) is 11.9. The Morgan fingerprint density at radius 3 is 2.55 bits per heavy atom. The van der Waals surface area contributed by atoms with Crippen LogP contribution in [0.1, 0.15) is 12.8 Å². The molecule has 0 radical (unpaired) electrons. The largest absolute Gasteiger partial charge is 0.369 e. The number of nitrogens with zero attached hydrogens (tertiary/aromatic N) is 1. The number of primary amides is 1. The number of hydrogen-bond acceptors (Lipinski definition) is 4. The molecule has 1 amide bonds. The zero-order valence-electron chi connectivity index (χ0n) is 11.8. The molecule has 0 aliphatic carbocycles. The van der Waals surface area contributed by atoms with E-state index in [9.17, 15) is 22.0 Å². The summed E-state index contributed by atoms with van der Waals surface area (Å²) < 4.78 is 53.3. The van der Waals surface area contributed by atoms with Crippen LogP contribution in [0.25, 0.3) is 0 Å². The van der Waals surface area contributed by atoms with E-state index >= 15 is 0 Å². The van der Waals surface area contributed by atoms with E-state index in [1.807, 2.05) is 4.90 Å². The monoisotopic (exact) mass is 333 g/mol. The van der Waals surface area contributed by atoms with E-state index in [1.54, 1.807) is 0 Å². The Hall–Kier alpha value is -1.58. The van der Waals surface area contributed by atoms with Gasteiger partial charge in [0.05, 0.1) is 6.54 Å². The van der Waals surface area contributed by atoms with Gasteiger partial charge < -0.3 is 5.73 Å². The number of halogens is 2. The van der Waals surface area contributed by atoms with Crippen LogP contribution in [0.2, 0.25) is 0 Å². The fourth-order valence-corrected chi connectivity index (χ4v) is 3.79. The smallest absolute Gasteiger partial charge is 0.243 e. The third-order valence-electron chi connectivity index (χ3n) is 3.47. The summed E-state index contributed by atoms with van der Waals surface area (Å²) in [6, 6.07) is 1.90. The third kappa shape index (κ3) is 4.21. The van der Waals surface area contributed by atoms with Gasteiger partial charge in [0.2, 0.25) is 15.9 Å². The summed E-state index contributed by atoms with van der Waals surface area (Å²) >= 11 is 0. The number of nitrogens with one attached hydrogen (secondary N) is 1. The lowest BCUT2D eigenvalue weighted by molar-refractivity contribution is -0.119. The van der Waals surface area contributed by atoms with Crippen molar-refractivity contribution >= 4 is 15.9 Å². The summed E-state index contributed by atoms with van der Waals surface area (Å²) in [5.74, 6) is -2.26. The lowest BCUT2D eigenvalue weighted by Crippen LogP contribution is -2.46. The SMILES string of the molecule is NC(=O)CN1CCC(NS(=O)(=O)c2cc(F)ccc2F)CC1.